The minimum Gasteiger partial charge on any atom is -1.00 e. The number of aliphatic hydroxyl groups is 3. The molecule has 4 N–H and O–H groups in total. The van der Waals surface area contributed by atoms with Gasteiger partial charge >= 0.3 is 24.8 Å². The molecule has 0 aromatic heterocycles. The monoisotopic (exact) mass is 693 g/mol. The Morgan fingerprint density at radius 3 is 1.47 bits per heavy atom. The van der Waals surface area contributed by atoms with Gasteiger partial charge in [0.25, 0.3) is 0 Å². The SMILES string of the molecule is C[C@@]1(O)CC[C@@]2(C)C(CC[C@@H]3C2CC[C@]2(C)[C@@H](C(=O)O)CC[C@@H]32)C1.C[C@@]1(O)CC[C@@]2(C)C(CC[C@@H]3C2CC[C@]2(C)[C@@H](CO)CC[C@@H]32)C1.[AlH3].[H-].[Li+]. The van der Waals surface area contributed by atoms with Gasteiger partial charge < -0.3 is 21.9 Å². The maximum atomic E-state index is 11.8. The van der Waals surface area contributed by atoms with Gasteiger partial charge in [-0.1, -0.05) is 27.7 Å². The molecule has 0 aromatic carbocycles. The summed E-state index contributed by atoms with van der Waals surface area (Å²) in [4.78, 5) is 11.8. The largest absolute Gasteiger partial charge is 1.00 e. The molecule has 7 heteroatoms. The molecule has 0 aromatic rings. The van der Waals surface area contributed by atoms with E-state index >= 15 is 0 Å². The Balaban J connectivity index is 0.000000212. The van der Waals surface area contributed by atoms with Crippen LogP contribution in [0.5, 0.6) is 0 Å². The van der Waals surface area contributed by atoms with Crippen molar-refractivity contribution in [1.82, 2.24) is 0 Å². The number of carbonyl (C=O) groups is 1. The van der Waals surface area contributed by atoms with Crippen molar-refractivity contribution >= 4 is 23.3 Å². The summed E-state index contributed by atoms with van der Waals surface area (Å²) in [6.45, 7) is 14.3. The molecule has 276 valence electrons. The second-order valence-electron chi connectivity index (χ2n) is 20.7. The number of hydrogen-bond donors (Lipinski definition) is 4. The Bertz CT molecular complexity index is 1220. The van der Waals surface area contributed by atoms with Crippen LogP contribution in [0.1, 0.15) is 159 Å². The molecule has 4 unspecified atom stereocenters. The van der Waals surface area contributed by atoms with Crippen molar-refractivity contribution in [2.45, 2.75) is 168 Å². The molecule has 16 atom stereocenters. The summed E-state index contributed by atoms with van der Waals surface area (Å²) in [7, 11) is 0. The summed E-state index contributed by atoms with van der Waals surface area (Å²) in [6, 6.07) is 0. The first-order valence-electron chi connectivity index (χ1n) is 20.3. The average Bonchev–Trinajstić information content (AvgIpc) is 3.54. The van der Waals surface area contributed by atoms with Crippen molar-refractivity contribution in [1.29, 1.82) is 0 Å². The van der Waals surface area contributed by atoms with E-state index in [9.17, 15) is 25.2 Å². The zero-order valence-electron chi connectivity index (χ0n) is 32.9. The Kier molecular flexibility index (Phi) is 11.6. The molecule has 49 heavy (non-hydrogen) atoms. The van der Waals surface area contributed by atoms with Crippen LogP contribution in [-0.2, 0) is 4.79 Å². The van der Waals surface area contributed by atoms with Gasteiger partial charge in [-0.05, 0) is 204 Å². The Labute approximate surface area is 323 Å². The summed E-state index contributed by atoms with van der Waals surface area (Å²) in [5.41, 5.74) is 0.366. The number of rotatable bonds is 2. The van der Waals surface area contributed by atoms with Gasteiger partial charge in [-0.15, -0.1) is 0 Å². The Morgan fingerprint density at radius 2 is 1.00 bits per heavy atom. The van der Waals surface area contributed by atoms with Gasteiger partial charge in [-0.25, -0.2) is 0 Å². The number of fused-ring (bicyclic) bond motifs is 10. The third kappa shape index (κ3) is 6.55. The molecule has 8 aliphatic rings. The van der Waals surface area contributed by atoms with Crippen LogP contribution in [0, 0.1) is 80.8 Å². The van der Waals surface area contributed by atoms with Crippen LogP contribution in [0.2, 0.25) is 0 Å². The van der Waals surface area contributed by atoms with Crippen molar-refractivity contribution in [3.8, 4) is 0 Å². The molecular formula is C42H74AlLiO5. The number of carboxylic acids is 1. The van der Waals surface area contributed by atoms with E-state index in [2.05, 4.69) is 34.6 Å². The van der Waals surface area contributed by atoms with E-state index in [1.54, 1.807) is 0 Å². The van der Waals surface area contributed by atoms with Crippen molar-refractivity contribution in [2.24, 2.45) is 80.8 Å². The molecule has 8 fully saturated rings. The fourth-order valence-electron chi connectivity index (χ4n) is 15.7. The van der Waals surface area contributed by atoms with E-state index in [-0.39, 0.29) is 49.0 Å². The van der Waals surface area contributed by atoms with Gasteiger partial charge in [0, 0.05) is 6.61 Å². The van der Waals surface area contributed by atoms with Crippen LogP contribution in [0.15, 0.2) is 0 Å². The maximum absolute atomic E-state index is 11.8. The molecule has 0 bridgehead atoms. The number of aliphatic carboxylic acids is 1. The molecule has 5 nitrogen and oxygen atoms in total. The van der Waals surface area contributed by atoms with E-state index in [4.69, 9.17) is 0 Å². The third-order valence-corrected chi connectivity index (χ3v) is 18.6. The number of hydrogen-bond acceptors (Lipinski definition) is 4. The summed E-state index contributed by atoms with van der Waals surface area (Å²) in [5, 5.41) is 40.6. The predicted octanol–water partition coefficient (Wildman–Crippen LogP) is 4.80. The molecule has 0 spiro atoms. The molecule has 8 rings (SSSR count). The first-order valence-corrected chi connectivity index (χ1v) is 20.3. The third-order valence-electron chi connectivity index (χ3n) is 18.6. The van der Waals surface area contributed by atoms with Crippen molar-refractivity contribution in [2.75, 3.05) is 6.61 Å². The normalized spacial score (nSPS) is 55.6. The van der Waals surface area contributed by atoms with E-state index in [0.29, 0.717) is 40.6 Å². The molecule has 0 saturated heterocycles. The molecule has 0 radical (unpaired) electrons. The van der Waals surface area contributed by atoms with Gasteiger partial charge in [-0.3, -0.25) is 4.79 Å². The average molecular weight is 693 g/mol. The first-order chi connectivity index (χ1) is 22.0. The minimum absolute atomic E-state index is 0. The fourth-order valence-corrected chi connectivity index (χ4v) is 15.7. The zero-order chi connectivity index (χ0) is 33.8. The van der Waals surface area contributed by atoms with E-state index in [1.807, 2.05) is 6.92 Å². The van der Waals surface area contributed by atoms with Gasteiger partial charge in [0.2, 0.25) is 0 Å². The van der Waals surface area contributed by atoms with Crippen LogP contribution in [0.25, 0.3) is 0 Å². The molecule has 0 heterocycles. The van der Waals surface area contributed by atoms with E-state index in [1.165, 1.54) is 64.2 Å². The zero-order valence-corrected chi connectivity index (χ0v) is 31.9. The van der Waals surface area contributed by atoms with Gasteiger partial charge in [0.15, 0.2) is 17.4 Å². The van der Waals surface area contributed by atoms with Gasteiger partial charge in [0.05, 0.1) is 17.1 Å². The van der Waals surface area contributed by atoms with Crippen LogP contribution in [0.3, 0.4) is 0 Å². The molecule has 0 amide bonds. The van der Waals surface area contributed by atoms with Crippen LogP contribution in [-0.4, -0.2) is 61.6 Å². The Hall–Kier alpha value is 0.480. The number of carboxylic acid groups (broad SMARTS) is 1. The van der Waals surface area contributed by atoms with Crippen LogP contribution in [0.4, 0.5) is 0 Å². The quantitative estimate of drug-likeness (QED) is 0.312. The standard InChI is InChI=1S/C21H34O3.C21H36O2.Al.Li.4H/c1-19(24)10-11-20(2)13(12-19)4-5-14-15-6-7-17(18(22)23)21(15,3)9-8-16(14)20;1-19(23)10-11-21(3)14(12-19)4-6-16-17-7-5-15(13-22)20(17,2)9-8-18(16)21;;;;;;/h13-17,24H,4-12H2,1-3H3,(H,22,23);14-18,22-23H,4-13H2,1-3H3;;;;;;/q;;;+1;;;;-1/t13?,14-,15-,16?,17+,19+,20-,21-;14?,15-,16+,17+,18?,19-,20-,21+;;;;;;/m01....../s1. The summed E-state index contributed by atoms with van der Waals surface area (Å²) in [5.74, 6) is 5.92. The minimum atomic E-state index is -0.563. The van der Waals surface area contributed by atoms with Crippen LogP contribution < -0.4 is 18.9 Å². The predicted molar refractivity (Wildman–Crippen MR) is 197 cm³/mol. The van der Waals surface area contributed by atoms with Gasteiger partial charge in [-0.2, -0.15) is 0 Å². The fraction of sp³-hybridized carbons (Fsp3) is 0.976. The van der Waals surface area contributed by atoms with Gasteiger partial charge in [0.1, 0.15) is 0 Å². The molecule has 8 aliphatic carbocycles. The topological polar surface area (TPSA) is 98.0 Å². The molecular weight excluding hydrogens is 618 g/mol. The van der Waals surface area contributed by atoms with Crippen molar-refractivity contribution in [3.05, 3.63) is 0 Å². The second-order valence-corrected chi connectivity index (χ2v) is 20.7. The smallest absolute Gasteiger partial charge is 1.00 e. The first kappa shape index (κ1) is 40.7. The molecule has 8 saturated carbocycles. The maximum Gasteiger partial charge on any atom is 1.00 e. The molecule has 0 aliphatic heterocycles. The number of aliphatic hydroxyl groups excluding tert-OH is 1. The summed E-state index contributed by atoms with van der Waals surface area (Å²) >= 11 is 0. The van der Waals surface area contributed by atoms with E-state index in [0.717, 1.165) is 86.9 Å². The second kappa shape index (κ2) is 14.0. The summed E-state index contributed by atoms with van der Waals surface area (Å²) in [6.07, 6.45) is 21.1. The van der Waals surface area contributed by atoms with E-state index < -0.39 is 17.2 Å². The van der Waals surface area contributed by atoms with Crippen molar-refractivity contribution < 1.29 is 45.5 Å². The summed E-state index contributed by atoms with van der Waals surface area (Å²) < 4.78 is 0. The Morgan fingerprint density at radius 1 is 0.571 bits per heavy atom. The van der Waals surface area contributed by atoms with Crippen LogP contribution >= 0.6 is 0 Å². The van der Waals surface area contributed by atoms with Crippen molar-refractivity contribution in [3.63, 3.8) is 0 Å².